The molecule has 0 atom stereocenters. The summed E-state index contributed by atoms with van der Waals surface area (Å²) in [5.41, 5.74) is 11.5. The average Bonchev–Trinajstić information content (AvgIpc) is 2.55. The number of hydrogen-bond acceptors (Lipinski definition) is 2. The Morgan fingerprint density at radius 3 is 2.15 bits per heavy atom. The summed E-state index contributed by atoms with van der Waals surface area (Å²) in [5, 5.41) is 0. The fourth-order valence-corrected chi connectivity index (χ4v) is 2.48. The minimum absolute atomic E-state index is 1.09. The maximum Gasteiger partial charge on any atom is 0.0540 e. The van der Waals surface area contributed by atoms with Gasteiger partial charge < -0.3 is 10.9 Å². The predicted molar refractivity (Wildman–Crippen MR) is 85.2 cm³/mol. The van der Waals surface area contributed by atoms with Crippen LogP contribution in [0.5, 0.6) is 0 Å². The summed E-state index contributed by atoms with van der Waals surface area (Å²) in [6.45, 7) is 0. The van der Waals surface area contributed by atoms with Gasteiger partial charge in [0.2, 0.25) is 0 Å². The van der Waals surface area contributed by atoms with Crippen LogP contribution in [0.15, 0.2) is 66.4 Å². The van der Waals surface area contributed by atoms with Crippen molar-refractivity contribution >= 4 is 5.69 Å². The highest BCUT2D eigenvalue weighted by Crippen LogP contribution is 2.21. The van der Waals surface area contributed by atoms with Gasteiger partial charge in [-0.1, -0.05) is 48.5 Å². The molecule has 0 spiro atoms. The maximum absolute atomic E-state index is 3.31. The zero-order valence-corrected chi connectivity index (χ0v) is 11.6. The van der Waals surface area contributed by atoms with Gasteiger partial charge in [-0.25, -0.2) is 0 Å². The Hall–Kier alpha value is -2.22. The van der Waals surface area contributed by atoms with Crippen molar-refractivity contribution in [1.82, 2.24) is 5.43 Å². The second-order valence-corrected chi connectivity index (χ2v) is 5.17. The Balaban J connectivity index is 1.63. The highest BCUT2D eigenvalue weighted by atomic mass is 15.4. The van der Waals surface area contributed by atoms with Crippen molar-refractivity contribution < 1.29 is 0 Å². The van der Waals surface area contributed by atoms with E-state index in [2.05, 4.69) is 65.5 Å². The van der Waals surface area contributed by atoms with E-state index in [0.717, 1.165) is 12.1 Å². The quantitative estimate of drug-likeness (QED) is 0.780. The van der Waals surface area contributed by atoms with E-state index in [-0.39, 0.29) is 0 Å². The minimum Gasteiger partial charge on any atom is -0.305 e. The summed E-state index contributed by atoms with van der Waals surface area (Å²) in [5.74, 6) is 0. The Labute approximate surface area is 120 Å². The molecule has 0 fully saturated rings. The number of hydrazine groups is 1. The van der Waals surface area contributed by atoms with E-state index in [1.54, 1.807) is 0 Å². The molecule has 20 heavy (non-hydrogen) atoms. The molecule has 0 aliphatic heterocycles. The van der Waals surface area contributed by atoms with Crippen LogP contribution < -0.4 is 10.9 Å². The number of benzene rings is 2. The van der Waals surface area contributed by atoms with Gasteiger partial charge in [0.05, 0.1) is 5.69 Å². The van der Waals surface area contributed by atoms with E-state index in [0.29, 0.717) is 0 Å². The van der Waals surface area contributed by atoms with E-state index in [1.165, 1.54) is 36.1 Å². The smallest absolute Gasteiger partial charge is 0.0540 e. The Kier molecular flexibility index (Phi) is 4.02. The molecule has 0 unspecified atom stereocenters. The number of anilines is 1. The minimum atomic E-state index is 1.09. The van der Waals surface area contributed by atoms with Crippen molar-refractivity contribution in [3.63, 3.8) is 0 Å². The molecule has 0 bridgehead atoms. The third-order valence-electron chi connectivity index (χ3n) is 3.65. The van der Waals surface area contributed by atoms with Gasteiger partial charge in [-0.05, 0) is 48.9 Å². The van der Waals surface area contributed by atoms with Crippen LogP contribution in [0.25, 0.3) is 11.1 Å². The highest BCUT2D eigenvalue weighted by molar-refractivity contribution is 5.65. The van der Waals surface area contributed by atoms with Gasteiger partial charge in [0.15, 0.2) is 0 Å². The van der Waals surface area contributed by atoms with Gasteiger partial charge in [-0.3, -0.25) is 0 Å². The first-order valence-electron chi connectivity index (χ1n) is 7.28. The van der Waals surface area contributed by atoms with Crippen LogP contribution in [0, 0.1) is 0 Å². The lowest BCUT2D eigenvalue weighted by Gasteiger charge is -2.16. The standard InChI is InChI=1S/C18H20N2/c1-3-7-15(8-4-1)16-11-13-18(14-12-16)20-19-17-9-5-2-6-10-17/h1,3-4,7-9,11-14,19-20H,2,5-6,10H2. The molecule has 2 N–H and O–H groups in total. The fraction of sp³-hybridized carbons (Fsp3) is 0.222. The van der Waals surface area contributed by atoms with Gasteiger partial charge in [0.25, 0.3) is 0 Å². The fourth-order valence-electron chi connectivity index (χ4n) is 2.48. The molecule has 2 heteroatoms. The SMILES string of the molecule is C1=C(NNc2ccc(-c3ccccc3)cc2)CCCC1. The van der Waals surface area contributed by atoms with Crippen LogP contribution in [-0.2, 0) is 0 Å². The van der Waals surface area contributed by atoms with Gasteiger partial charge >= 0.3 is 0 Å². The molecule has 0 radical (unpaired) electrons. The summed E-state index contributed by atoms with van der Waals surface area (Å²) in [6.07, 6.45) is 7.23. The normalized spacial score (nSPS) is 14.5. The van der Waals surface area contributed by atoms with Gasteiger partial charge in [0.1, 0.15) is 0 Å². The summed E-state index contributed by atoms with van der Waals surface area (Å²) < 4.78 is 0. The Morgan fingerprint density at radius 2 is 1.45 bits per heavy atom. The van der Waals surface area contributed by atoms with E-state index in [1.807, 2.05) is 6.07 Å². The summed E-state index contributed by atoms with van der Waals surface area (Å²) in [7, 11) is 0. The molecular weight excluding hydrogens is 244 g/mol. The molecule has 102 valence electrons. The molecule has 2 aromatic rings. The van der Waals surface area contributed by atoms with Crippen molar-refractivity contribution in [2.75, 3.05) is 5.43 Å². The lowest BCUT2D eigenvalue weighted by atomic mass is 10.1. The van der Waals surface area contributed by atoms with Gasteiger partial charge in [-0.2, -0.15) is 0 Å². The molecule has 2 nitrogen and oxygen atoms in total. The predicted octanol–water partition coefficient (Wildman–Crippen LogP) is 4.73. The average molecular weight is 264 g/mol. The molecule has 0 heterocycles. The molecule has 1 aliphatic carbocycles. The topological polar surface area (TPSA) is 24.1 Å². The van der Waals surface area contributed by atoms with Crippen LogP contribution in [0.4, 0.5) is 5.69 Å². The van der Waals surface area contributed by atoms with E-state index < -0.39 is 0 Å². The third-order valence-corrected chi connectivity index (χ3v) is 3.65. The summed E-state index contributed by atoms with van der Waals surface area (Å²) in [4.78, 5) is 0. The van der Waals surface area contributed by atoms with Crippen molar-refractivity contribution in [2.45, 2.75) is 25.7 Å². The van der Waals surface area contributed by atoms with Crippen molar-refractivity contribution in [3.05, 3.63) is 66.4 Å². The lowest BCUT2D eigenvalue weighted by molar-refractivity contribution is 0.664. The molecular formula is C18H20N2. The number of nitrogens with one attached hydrogen (secondary N) is 2. The third kappa shape index (κ3) is 3.21. The first-order chi connectivity index (χ1) is 9.92. The summed E-state index contributed by atoms with van der Waals surface area (Å²) >= 11 is 0. The molecule has 0 amide bonds. The molecule has 0 saturated carbocycles. The van der Waals surface area contributed by atoms with Gasteiger partial charge in [0, 0.05) is 5.70 Å². The molecule has 1 aliphatic rings. The van der Waals surface area contributed by atoms with Crippen LogP contribution in [0.2, 0.25) is 0 Å². The van der Waals surface area contributed by atoms with Gasteiger partial charge in [-0.15, -0.1) is 0 Å². The Bertz CT molecular complexity index is 570. The van der Waals surface area contributed by atoms with Crippen LogP contribution in [0.1, 0.15) is 25.7 Å². The van der Waals surface area contributed by atoms with E-state index >= 15 is 0 Å². The largest absolute Gasteiger partial charge is 0.305 e. The van der Waals surface area contributed by atoms with Crippen molar-refractivity contribution in [2.24, 2.45) is 0 Å². The highest BCUT2D eigenvalue weighted by Gasteiger charge is 2.02. The molecule has 3 rings (SSSR count). The zero-order valence-electron chi connectivity index (χ0n) is 11.6. The number of rotatable bonds is 4. The first-order valence-corrected chi connectivity index (χ1v) is 7.28. The van der Waals surface area contributed by atoms with Crippen molar-refractivity contribution in [3.8, 4) is 11.1 Å². The van der Waals surface area contributed by atoms with Crippen molar-refractivity contribution in [1.29, 1.82) is 0 Å². The van der Waals surface area contributed by atoms with E-state index in [4.69, 9.17) is 0 Å². The number of allylic oxidation sites excluding steroid dienone is 2. The second-order valence-electron chi connectivity index (χ2n) is 5.17. The molecule has 0 aromatic heterocycles. The Morgan fingerprint density at radius 1 is 0.700 bits per heavy atom. The monoisotopic (exact) mass is 264 g/mol. The van der Waals surface area contributed by atoms with Crippen LogP contribution >= 0.6 is 0 Å². The second kappa shape index (κ2) is 6.29. The first kappa shape index (κ1) is 12.8. The summed E-state index contributed by atoms with van der Waals surface area (Å²) in [6, 6.07) is 19.0. The van der Waals surface area contributed by atoms with Crippen LogP contribution in [-0.4, -0.2) is 0 Å². The maximum atomic E-state index is 3.31. The number of hydrogen-bond donors (Lipinski definition) is 2. The van der Waals surface area contributed by atoms with Crippen LogP contribution in [0.3, 0.4) is 0 Å². The zero-order chi connectivity index (χ0) is 13.6. The lowest BCUT2D eigenvalue weighted by Crippen LogP contribution is -2.21. The molecule has 2 aromatic carbocycles. The molecule has 0 saturated heterocycles. The van der Waals surface area contributed by atoms with E-state index in [9.17, 15) is 0 Å².